The lowest BCUT2D eigenvalue weighted by Crippen LogP contribution is -2.54. The highest BCUT2D eigenvalue weighted by molar-refractivity contribution is 14.0. The van der Waals surface area contributed by atoms with Crippen LogP contribution in [0, 0.1) is 11.2 Å². The Morgan fingerprint density at radius 2 is 2.12 bits per heavy atom. The minimum Gasteiger partial charge on any atom is -0.396 e. The zero-order valence-corrected chi connectivity index (χ0v) is 17.8. The van der Waals surface area contributed by atoms with Gasteiger partial charge < -0.3 is 20.5 Å². The van der Waals surface area contributed by atoms with Crippen molar-refractivity contribution in [1.82, 2.24) is 10.6 Å². The summed E-state index contributed by atoms with van der Waals surface area (Å²) in [6.07, 6.45) is 2.00. The van der Waals surface area contributed by atoms with Crippen LogP contribution in [-0.2, 0) is 17.0 Å². The van der Waals surface area contributed by atoms with E-state index >= 15 is 0 Å². The van der Waals surface area contributed by atoms with Gasteiger partial charge in [0, 0.05) is 18.8 Å². The zero-order valence-electron chi connectivity index (χ0n) is 14.7. The Morgan fingerprint density at radius 1 is 1.36 bits per heavy atom. The lowest BCUT2D eigenvalue weighted by molar-refractivity contribution is -0.132. The number of halogens is 2. The predicted molar refractivity (Wildman–Crippen MR) is 112 cm³/mol. The van der Waals surface area contributed by atoms with Crippen molar-refractivity contribution in [3.8, 4) is 0 Å². The van der Waals surface area contributed by atoms with Crippen LogP contribution in [0.15, 0.2) is 23.2 Å². The molecule has 3 N–H and O–H groups in total. The third-order valence-corrected chi connectivity index (χ3v) is 4.60. The summed E-state index contributed by atoms with van der Waals surface area (Å²) in [5, 5.41) is 16.0. The van der Waals surface area contributed by atoms with E-state index in [0.29, 0.717) is 32.3 Å². The Kier molecular flexibility index (Phi) is 10.1. The minimum atomic E-state index is -0.216. The van der Waals surface area contributed by atoms with Gasteiger partial charge in [0.05, 0.1) is 31.8 Å². The second kappa shape index (κ2) is 11.2. The van der Waals surface area contributed by atoms with Crippen molar-refractivity contribution in [1.29, 1.82) is 0 Å². The summed E-state index contributed by atoms with van der Waals surface area (Å²) in [6.45, 7) is 5.05. The van der Waals surface area contributed by atoms with Gasteiger partial charge in [0.15, 0.2) is 5.96 Å². The quantitative estimate of drug-likeness (QED) is 0.301. The molecule has 25 heavy (non-hydrogen) atoms. The molecule has 0 saturated carbocycles. The molecule has 0 spiro atoms. The lowest BCUT2D eigenvalue weighted by Gasteiger charge is -2.40. The molecule has 1 heterocycles. The van der Waals surface area contributed by atoms with E-state index in [9.17, 15) is 9.50 Å². The van der Waals surface area contributed by atoms with Gasteiger partial charge >= 0.3 is 0 Å². The molecule has 5 nitrogen and oxygen atoms in total. The Bertz CT molecular complexity index is 565. The number of aliphatic hydroxyl groups excluding tert-OH is 1. The van der Waals surface area contributed by atoms with E-state index in [1.54, 1.807) is 23.9 Å². The number of aliphatic hydroxyl groups is 1. The summed E-state index contributed by atoms with van der Waals surface area (Å²) in [7, 11) is 0. The van der Waals surface area contributed by atoms with Crippen molar-refractivity contribution in [2.45, 2.75) is 19.2 Å². The van der Waals surface area contributed by atoms with Crippen molar-refractivity contribution in [2.24, 2.45) is 10.4 Å². The number of hydrogen-bond acceptors (Lipinski definition) is 4. The SMILES string of the molecule is CCNC(=NCc1ccc(F)cc1CSC)NCC1(CO)COC1.I. The number of hydrogen-bond donors (Lipinski definition) is 3. The first-order valence-corrected chi connectivity index (χ1v) is 9.49. The Morgan fingerprint density at radius 3 is 2.68 bits per heavy atom. The van der Waals surface area contributed by atoms with Crippen LogP contribution in [0.25, 0.3) is 0 Å². The number of rotatable bonds is 8. The van der Waals surface area contributed by atoms with E-state index in [1.807, 2.05) is 13.2 Å². The molecule has 8 heteroatoms. The van der Waals surface area contributed by atoms with Gasteiger partial charge in [-0.2, -0.15) is 11.8 Å². The summed E-state index contributed by atoms with van der Waals surface area (Å²) in [5.41, 5.74) is 1.78. The average molecular weight is 483 g/mol. The maximum Gasteiger partial charge on any atom is 0.191 e. The second-order valence-electron chi connectivity index (χ2n) is 6.05. The molecule has 0 amide bonds. The van der Waals surface area contributed by atoms with Crippen LogP contribution in [0.4, 0.5) is 4.39 Å². The molecule has 0 radical (unpaired) electrons. The van der Waals surface area contributed by atoms with Crippen LogP contribution >= 0.6 is 35.7 Å². The largest absolute Gasteiger partial charge is 0.396 e. The average Bonchev–Trinajstić information content (AvgIpc) is 2.53. The molecule has 1 aliphatic rings. The van der Waals surface area contributed by atoms with Gasteiger partial charge in [-0.1, -0.05) is 6.07 Å². The first-order valence-electron chi connectivity index (χ1n) is 8.09. The van der Waals surface area contributed by atoms with Crippen LogP contribution < -0.4 is 10.6 Å². The van der Waals surface area contributed by atoms with E-state index in [1.165, 1.54) is 6.07 Å². The van der Waals surface area contributed by atoms with Crippen LogP contribution in [0.1, 0.15) is 18.1 Å². The van der Waals surface area contributed by atoms with E-state index < -0.39 is 0 Å². The van der Waals surface area contributed by atoms with Crippen molar-refractivity contribution in [3.63, 3.8) is 0 Å². The monoisotopic (exact) mass is 483 g/mol. The summed E-state index contributed by atoms with van der Waals surface area (Å²) in [4.78, 5) is 4.59. The van der Waals surface area contributed by atoms with Crippen LogP contribution in [0.5, 0.6) is 0 Å². The highest BCUT2D eigenvalue weighted by Gasteiger charge is 2.38. The molecule has 1 aromatic rings. The third-order valence-electron chi connectivity index (χ3n) is 4.00. The van der Waals surface area contributed by atoms with Crippen molar-refractivity contribution in [2.75, 3.05) is 39.2 Å². The fourth-order valence-corrected chi connectivity index (χ4v) is 3.04. The smallest absolute Gasteiger partial charge is 0.191 e. The minimum absolute atomic E-state index is 0. The summed E-state index contributed by atoms with van der Waals surface area (Å²) in [5.74, 6) is 1.24. The molecule has 2 rings (SSSR count). The first kappa shape index (κ1) is 22.5. The van der Waals surface area contributed by atoms with Crippen molar-refractivity contribution >= 4 is 41.7 Å². The fourth-order valence-electron chi connectivity index (χ4n) is 2.46. The van der Waals surface area contributed by atoms with E-state index in [4.69, 9.17) is 4.74 Å². The molecule has 1 aliphatic heterocycles. The molecule has 1 saturated heterocycles. The molecular formula is C17H27FIN3O2S. The molecular weight excluding hydrogens is 456 g/mol. The van der Waals surface area contributed by atoms with Crippen LogP contribution in [0.2, 0.25) is 0 Å². The van der Waals surface area contributed by atoms with Gasteiger partial charge in [0.25, 0.3) is 0 Å². The van der Waals surface area contributed by atoms with Gasteiger partial charge in [-0.15, -0.1) is 24.0 Å². The highest BCUT2D eigenvalue weighted by Crippen LogP contribution is 2.25. The van der Waals surface area contributed by atoms with Gasteiger partial charge in [0.2, 0.25) is 0 Å². The van der Waals surface area contributed by atoms with E-state index in [0.717, 1.165) is 23.4 Å². The normalized spacial score (nSPS) is 15.9. The predicted octanol–water partition coefficient (Wildman–Crippen LogP) is 2.37. The van der Waals surface area contributed by atoms with Crippen molar-refractivity contribution in [3.05, 3.63) is 35.1 Å². The highest BCUT2D eigenvalue weighted by atomic mass is 127. The van der Waals surface area contributed by atoms with E-state index in [-0.39, 0.29) is 41.8 Å². The molecule has 0 aromatic heterocycles. The molecule has 142 valence electrons. The van der Waals surface area contributed by atoms with Gasteiger partial charge in [-0.3, -0.25) is 0 Å². The maximum atomic E-state index is 13.4. The topological polar surface area (TPSA) is 65.9 Å². The number of guanidine groups is 1. The van der Waals surface area contributed by atoms with Gasteiger partial charge in [-0.05, 0) is 36.4 Å². The number of aliphatic imine (C=N–C) groups is 1. The molecule has 0 unspecified atom stereocenters. The summed E-state index contributed by atoms with van der Waals surface area (Å²) in [6, 6.07) is 4.85. The number of benzene rings is 1. The lowest BCUT2D eigenvalue weighted by atomic mass is 9.87. The number of nitrogens with zero attached hydrogens (tertiary/aromatic N) is 1. The second-order valence-corrected chi connectivity index (χ2v) is 6.91. The Balaban J connectivity index is 0.00000312. The number of nitrogens with one attached hydrogen (secondary N) is 2. The number of ether oxygens (including phenoxy) is 1. The first-order chi connectivity index (χ1) is 11.6. The van der Waals surface area contributed by atoms with Crippen molar-refractivity contribution < 1.29 is 14.2 Å². The van der Waals surface area contributed by atoms with Crippen LogP contribution in [-0.4, -0.2) is 50.2 Å². The molecule has 1 fully saturated rings. The molecule has 1 aromatic carbocycles. The zero-order chi connectivity index (χ0) is 17.4. The standard InChI is InChI=1S/C17H26FN3O2S.HI/c1-3-19-16(21-9-17(10-22)11-23-12-17)20-7-13-4-5-15(18)6-14(13)8-24-2;/h4-6,22H,3,7-12H2,1-2H3,(H2,19,20,21);1H. The molecule has 0 aliphatic carbocycles. The maximum absolute atomic E-state index is 13.4. The molecule has 0 bridgehead atoms. The Hall–Kier alpha value is -0.580. The fraction of sp³-hybridized carbons (Fsp3) is 0.588. The van der Waals surface area contributed by atoms with Gasteiger partial charge in [0.1, 0.15) is 5.82 Å². The van der Waals surface area contributed by atoms with E-state index in [2.05, 4.69) is 15.6 Å². The van der Waals surface area contributed by atoms with Gasteiger partial charge in [-0.25, -0.2) is 9.38 Å². The molecule has 0 atom stereocenters. The van der Waals surface area contributed by atoms with Crippen LogP contribution in [0.3, 0.4) is 0 Å². The summed E-state index contributed by atoms with van der Waals surface area (Å²) < 4.78 is 18.6. The number of thioether (sulfide) groups is 1. The Labute approximate surface area is 170 Å². The summed E-state index contributed by atoms with van der Waals surface area (Å²) >= 11 is 1.66. The third kappa shape index (κ3) is 6.58.